The van der Waals surface area contributed by atoms with Crippen LogP contribution in [0.1, 0.15) is 6.92 Å². The normalized spacial score (nSPS) is 33.5. The van der Waals surface area contributed by atoms with E-state index in [9.17, 15) is 50.8 Å². The van der Waals surface area contributed by atoms with Crippen molar-refractivity contribution in [3.05, 3.63) is 46.6 Å². The summed E-state index contributed by atoms with van der Waals surface area (Å²) in [5.41, 5.74) is -0.956. The van der Waals surface area contributed by atoms with Crippen molar-refractivity contribution in [1.82, 2.24) is 0 Å². The van der Waals surface area contributed by atoms with Crippen LogP contribution in [0.5, 0.6) is 23.0 Å². The Morgan fingerprint density at radius 2 is 1.40 bits per heavy atom. The number of rotatable bonds is 6. The van der Waals surface area contributed by atoms with Crippen LogP contribution in [0.2, 0.25) is 0 Å². The number of aliphatic hydroxyl groups excluding tert-OH is 6. The average molecular weight is 595 g/mol. The Labute approximate surface area is 236 Å². The molecule has 0 radical (unpaired) electrons. The zero-order valence-corrected chi connectivity index (χ0v) is 21.9. The van der Waals surface area contributed by atoms with E-state index < -0.39 is 90.7 Å². The molecule has 15 heteroatoms. The van der Waals surface area contributed by atoms with E-state index in [1.54, 1.807) is 0 Å². The Balaban J connectivity index is 1.46. The number of benzene rings is 2. The quantitative estimate of drug-likeness (QED) is 0.159. The van der Waals surface area contributed by atoms with Gasteiger partial charge in [-0.2, -0.15) is 0 Å². The highest BCUT2D eigenvalue weighted by Crippen LogP contribution is 2.37. The van der Waals surface area contributed by atoms with Crippen molar-refractivity contribution >= 4 is 11.0 Å². The maximum atomic E-state index is 13.5. The highest BCUT2D eigenvalue weighted by atomic mass is 16.7. The molecule has 2 aliphatic heterocycles. The Morgan fingerprint density at radius 3 is 2.10 bits per heavy atom. The molecule has 0 bridgehead atoms. The zero-order valence-electron chi connectivity index (χ0n) is 21.9. The van der Waals surface area contributed by atoms with Crippen LogP contribution < -0.4 is 10.2 Å². The van der Waals surface area contributed by atoms with Crippen LogP contribution in [0, 0.1) is 0 Å². The van der Waals surface area contributed by atoms with Gasteiger partial charge in [0.05, 0.1) is 12.7 Å². The van der Waals surface area contributed by atoms with Crippen LogP contribution in [0.15, 0.2) is 45.6 Å². The maximum Gasteiger partial charge on any atom is 0.239 e. The van der Waals surface area contributed by atoms with Crippen LogP contribution in [0.3, 0.4) is 0 Å². The third-order valence-electron chi connectivity index (χ3n) is 7.18. The Hall–Kier alpha value is -3.51. The van der Waals surface area contributed by atoms with Crippen LogP contribution >= 0.6 is 0 Å². The minimum absolute atomic E-state index is 0.103. The number of aliphatic hydroxyl groups is 6. The van der Waals surface area contributed by atoms with Gasteiger partial charge in [0.25, 0.3) is 0 Å². The molecule has 10 atom stereocenters. The molecule has 1 unspecified atom stereocenters. The molecular weight excluding hydrogens is 564 g/mol. The zero-order chi connectivity index (χ0) is 30.5. The number of fused-ring (bicyclic) bond motifs is 1. The molecule has 2 aromatic carbocycles. The molecule has 3 aromatic rings. The van der Waals surface area contributed by atoms with E-state index in [0.29, 0.717) is 0 Å². The fourth-order valence-electron chi connectivity index (χ4n) is 4.79. The van der Waals surface area contributed by atoms with Gasteiger partial charge in [0.1, 0.15) is 70.9 Å². The van der Waals surface area contributed by atoms with E-state index in [1.165, 1.54) is 31.2 Å². The smallest absolute Gasteiger partial charge is 0.239 e. The monoisotopic (exact) mass is 594 g/mol. The third-order valence-corrected chi connectivity index (χ3v) is 7.18. The summed E-state index contributed by atoms with van der Waals surface area (Å²) in [6, 6.07) is 7.33. The minimum Gasteiger partial charge on any atom is -0.508 e. The lowest BCUT2D eigenvalue weighted by Gasteiger charge is -2.42. The molecular formula is C27H30O15. The number of aromatic hydroxyl groups is 3. The topological polar surface area (TPSA) is 249 Å². The summed E-state index contributed by atoms with van der Waals surface area (Å²) in [5.74, 6) is -1.97. The minimum atomic E-state index is -1.92. The summed E-state index contributed by atoms with van der Waals surface area (Å²) in [6.07, 6.45) is -15.8. The van der Waals surface area contributed by atoms with Gasteiger partial charge in [0.2, 0.25) is 17.5 Å². The number of ether oxygens (including phenoxy) is 4. The lowest BCUT2D eigenvalue weighted by Crippen LogP contribution is -2.61. The van der Waals surface area contributed by atoms with Crippen LogP contribution in [-0.4, -0.2) is 114 Å². The largest absolute Gasteiger partial charge is 0.508 e. The van der Waals surface area contributed by atoms with Crippen LogP contribution in [-0.2, 0) is 14.2 Å². The molecule has 42 heavy (non-hydrogen) atoms. The highest BCUT2D eigenvalue weighted by molar-refractivity contribution is 5.88. The summed E-state index contributed by atoms with van der Waals surface area (Å²) < 4.78 is 28.0. The fourth-order valence-corrected chi connectivity index (χ4v) is 4.79. The van der Waals surface area contributed by atoms with Gasteiger partial charge in [-0.1, -0.05) is 0 Å². The van der Waals surface area contributed by atoms with Crippen molar-refractivity contribution in [3.63, 3.8) is 0 Å². The highest BCUT2D eigenvalue weighted by Gasteiger charge is 2.47. The first-order chi connectivity index (χ1) is 19.9. The summed E-state index contributed by atoms with van der Waals surface area (Å²) >= 11 is 0. The Morgan fingerprint density at radius 1 is 0.762 bits per heavy atom. The van der Waals surface area contributed by atoms with Crippen molar-refractivity contribution in [2.45, 2.75) is 68.3 Å². The number of phenolic OH excluding ortho intramolecular Hbond substituents is 3. The van der Waals surface area contributed by atoms with Crippen LogP contribution in [0.4, 0.5) is 0 Å². The molecule has 1 aromatic heterocycles. The van der Waals surface area contributed by atoms with Crippen molar-refractivity contribution in [2.24, 2.45) is 0 Å². The second-order valence-corrected chi connectivity index (χ2v) is 10.1. The predicted octanol–water partition coefficient (Wildman–Crippen LogP) is -1.39. The summed E-state index contributed by atoms with van der Waals surface area (Å²) in [5, 5.41) is 91.4. The van der Waals surface area contributed by atoms with Crippen molar-refractivity contribution in [1.29, 1.82) is 0 Å². The van der Waals surface area contributed by atoms with Crippen molar-refractivity contribution in [2.75, 3.05) is 6.61 Å². The SMILES string of the molecule is C[C@@H]1OC(OC[C@H]2O[C@@H](Oc3c(-c4ccc(O)cc4)oc4cc(O)cc(O)c4c3=O)[C@H](O)[C@@H](O)[C@@H]2O)[C@H](O)[C@H](O)[C@H]1O. The van der Waals surface area contributed by atoms with Gasteiger partial charge in [-0.25, -0.2) is 0 Å². The molecule has 2 aliphatic rings. The van der Waals surface area contributed by atoms with E-state index >= 15 is 0 Å². The second-order valence-electron chi connectivity index (χ2n) is 10.1. The summed E-state index contributed by atoms with van der Waals surface area (Å²) in [7, 11) is 0. The second kappa shape index (κ2) is 11.6. The number of hydrogen-bond acceptors (Lipinski definition) is 15. The first-order valence-corrected chi connectivity index (χ1v) is 12.9. The van der Waals surface area contributed by atoms with Gasteiger partial charge >= 0.3 is 0 Å². The van der Waals surface area contributed by atoms with Gasteiger partial charge in [-0.05, 0) is 31.2 Å². The number of hydrogen-bond donors (Lipinski definition) is 9. The lowest BCUT2D eigenvalue weighted by molar-refractivity contribution is -0.318. The summed E-state index contributed by atoms with van der Waals surface area (Å²) in [6.45, 7) is 0.866. The molecule has 2 fully saturated rings. The molecule has 5 rings (SSSR count). The standard InChI is InChI=1S/C27H30O15/c1-9-17(31)20(34)22(36)26(39-9)38-8-15-18(32)21(35)23(37)27(41-15)42-25-19(33)16-13(30)6-12(29)7-14(16)40-24(25)10-2-4-11(28)5-3-10/h2-7,9,15,17-18,20-23,26-32,34-37H,8H2,1H3/t9-,15+,17-,18+,20+,21-,22+,23+,26?,27-/m0/s1. The van der Waals surface area contributed by atoms with Gasteiger partial charge in [0.15, 0.2) is 12.1 Å². The van der Waals surface area contributed by atoms with E-state index in [0.717, 1.165) is 12.1 Å². The molecule has 15 nitrogen and oxygen atoms in total. The lowest BCUT2D eigenvalue weighted by atomic mass is 9.98. The molecule has 2 saturated heterocycles. The molecule has 0 aliphatic carbocycles. The average Bonchev–Trinajstić information content (AvgIpc) is 2.95. The van der Waals surface area contributed by atoms with Crippen LogP contribution in [0.25, 0.3) is 22.3 Å². The molecule has 0 spiro atoms. The number of phenols is 3. The van der Waals surface area contributed by atoms with Gasteiger partial charge in [-0.3, -0.25) is 4.79 Å². The molecule has 228 valence electrons. The van der Waals surface area contributed by atoms with Gasteiger partial charge in [0, 0.05) is 17.7 Å². The predicted molar refractivity (Wildman–Crippen MR) is 139 cm³/mol. The van der Waals surface area contributed by atoms with Gasteiger partial charge < -0.3 is 69.3 Å². The fraction of sp³-hybridized carbons (Fsp3) is 0.444. The molecule has 9 N–H and O–H groups in total. The molecule has 3 heterocycles. The third kappa shape index (κ3) is 5.49. The Bertz CT molecular complexity index is 1470. The van der Waals surface area contributed by atoms with E-state index in [-0.39, 0.29) is 28.0 Å². The van der Waals surface area contributed by atoms with Gasteiger partial charge in [-0.15, -0.1) is 0 Å². The Kier molecular flexibility index (Phi) is 8.30. The first kappa shape index (κ1) is 30.0. The maximum absolute atomic E-state index is 13.5. The first-order valence-electron chi connectivity index (χ1n) is 12.9. The molecule has 0 saturated carbocycles. The van der Waals surface area contributed by atoms with E-state index in [1.807, 2.05) is 0 Å². The molecule has 0 amide bonds. The van der Waals surface area contributed by atoms with E-state index in [2.05, 4.69) is 0 Å². The van der Waals surface area contributed by atoms with Crippen molar-refractivity contribution < 1.29 is 69.3 Å². The van der Waals surface area contributed by atoms with Crippen molar-refractivity contribution in [3.8, 4) is 34.3 Å². The van der Waals surface area contributed by atoms with E-state index in [4.69, 9.17) is 23.4 Å². The summed E-state index contributed by atoms with van der Waals surface area (Å²) in [4.78, 5) is 13.5.